The minimum atomic E-state index is 0.0590. The van der Waals surface area contributed by atoms with Gasteiger partial charge < -0.3 is 10.6 Å². The molecule has 1 aliphatic rings. The maximum absolute atomic E-state index is 12.2. The molecule has 1 unspecified atom stereocenters. The zero-order valence-electron chi connectivity index (χ0n) is 12.7. The first-order chi connectivity index (χ1) is 10.0. The molecule has 1 atom stereocenters. The van der Waals surface area contributed by atoms with E-state index in [2.05, 4.69) is 52.0 Å². The molecular formula is C16H24IN3O. The van der Waals surface area contributed by atoms with Gasteiger partial charge in [0.25, 0.3) is 0 Å². The SMILES string of the molecule is CC(C)N(CC(=O)Nc1cccc(I)c1)CC1CCCN1. The number of nitrogens with one attached hydrogen (secondary N) is 2. The van der Waals surface area contributed by atoms with Crippen LogP contribution in [0.15, 0.2) is 24.3 Å². The monoisotopic (exact) mass is 401 g/mol. The topological polar surface area (TPSA) is 44.4 Å². The third-order valence-corrected chi connectivity index (χ3v) is 4.47. The summed E-state index contributed by atoms with van der Waals surface area (Å²) in [6.45, 7) is 6.78. The third-order valence-electron chi connectivity index (χ3n) is 3.80. The molecule has 1 fully saturated rings. The third kappa shape index (κ3) is 5.56. The quantitative estimate of drug-likeness (QED) is 0.721. The van der Waals surface area contributed by atoms with E-state index in [1.807, 2.05) is 24.3 Å². The molecule has 1 aromatic carbocycles. The first-order valence-electron chi connectivity index (χ1n) is 7.57. The highest BCUT2D eigenvalue weighted by Gasteiger charge is 2.21. The van der Waals surface area contributed by atoms with E-state index in [4.69, 9.17) is 0 Å². The number of hydrogen-bond acceptors (Lipinski definition) is 3. The maximum atomic E-state index is 12.2. The summed E-state index contributed by atoms with van der Waals surface area (Å²) in [7, 11) is 0. The molecular weight excluding hydrogens is 377 g/mol. The number of nitrogens with zero attached hydrogens (tertiary/aromatic N) is 1. The van der Waals surface area contributed by atoms with Crippen LogP contribution in [-0.2, 0) is 4.79 Å². The molecule has 0 bridgehead atoms. The number of rotatable bonds is 6. The zero-order chi connectivity index (χ0) is 15.2. The van der Waals surface area contributed by atoms with Crippen LogP contribution < -0.4 is 10.6 Å². The molecule has 4 nitrogen and oxygen atoms in total. The fourth-order valence-corrected chi connectivity index (χ4v) is 3.15. The van der Waals surface area contributed by atoms with E-state index in [1.165, 1.54) is 12.8 Å². The molecule has 0 aliphatic carbocycles. The van der Waals surface area contributed by atoms with Crippen LogP contribution in [0.5, 0.6) is 0 Å². The second-order valence-corrected chi connectivity index (χ2v) is 7.12. The second-order valence-electron chi connectivity index (χ2n) is 5.87. The van der Waals surface area contributed by atoms with E-state index in [0.29, 0.717) is 18.6 Å². The van der Waals surface area contributed by atoms with Crippen LogP contribution in [0, 0.1) is 3.57 Å². The minimum absolute atomic E-state index is 0.0590. The Bertz CT molecular complexity index is 472. The van der Waals surface area contributed by atoms with Gasteiger partial charge in [0.15, 0.2) is 0 Å². The van der Waals surface area contributed by atoms with Gasteiger partial charge in [0, 0.05) is 27.9 Å². The van der Waals surface area contributed by atoms with Crippen molar-refractivity contribution in [2.24, 2.45) is 0 Å². The van der Waals surface area contributed by atoms with Crippen molar-refractivity contribution in [2.75, 3.05) is 25.0 Å². The largest absolute Gasteiger partial charge is 0.325 e. The van der Waals surface area contributed by atoms with Gasteiger partial charge in [-0.3, -0.25) is 9.69 Å². The summed E-state index contributed by atoms with van der Waals surface area (Å²) in [5.74, 6) is 0.0590. The molecule has 1 aromatic rings. The fourth-order valence-electron chi connectivity index (χ4n) is 2.60. The molecule has 0 aromatic heterocycles. The summed E-state index contributed by atoms with van der Waals surface area (Å²) in [4.78, 5) is 14.5. The Balaban J connectivity index is 1.88. The number of carbonyl (C=O) groups is 1. The van der Waals surface area contributed by atoms with Gasteiger partial charge >= 0.3 is 0 Å². The molecule has 1 aliphatic heterocycles. The van der Waals surface area contributed by atoms with Crippen molar-refractivity contribution in [2.45, 2.75) is 38.8 Å². The van der Waals surface area contributed by atoms with Crippen LogP contribution >= 0.6 is 22.6 Å². The predicted octanol–water partition coefficient (Wildman–Crippen LogP) is 2.69. The summed E-state index contributed by atoms with van der Waals surface area (Å²) >= 11 is 2.25. The highest BCUT2D eigenvalue weighted by molar-refractivity contribution is 14.1. The van der Waals surface area contributed by atoms with E-state index < -0.39 is 0 Å². The number of anilines is 1. The maximum Gasteiger partial charge on any atom is 0.238 e. The van der Waals surface area contributed by atoms with E-state index >= 15 is 0 Å². The van der Waals surface area contributed by atoms with Crippen LogP contribution in [0.1, 0.15) is 26.7 Å². The number of carbonyl (C=O) groups excluding carboxylic acids is 1. The Morgan fingerprint density at radius 1 is 1.52 bits per heavy atom. The lowest BCUT2D eigenvalue weighted by atomic mass is 10.2. The van der Waals surface area contributed by atoms with Crippen molar-refractivity contribution in [1.82, 2.24) is 10.2 Å². The number of benzene rings is 1. The lowest BCUT2D eigenvalue weighted by Crippen LogP contribution is -2.44. The van der Waals surface area contributed by atoms with Gasteiger partial charge in [-0.1, -0.05) is 6.07 Å². The summed E-state index contributed by atoms with van der Waals surface area (Å²) in [5, 5.41) is 6.49. The number of hydrogen-bond donors (Lipinski definition) is 2. The van der Waals surface area contributed by atoms with Gasteiger partial charge in [0.1, 0.15) is 0 Å². The van der Waals surface area contributed by atoms with E-state index in [0.717, 1.165) is 22.3 Å². The molecule has 0 saturated carbocycles. The molecule has 1 heterocycles. The van der Waals surface area contributed by atoms with E-state index in [9.17, 15) is 4.79 Å². The second kappa shape index (κ2) is 8.10. The Morgan fingerprint density at radius 2 is 2.33 bits per heavy atom. The Labute approximate surface area is 140 Å². The molecule has 2 rings (SSSR count). The van der Waals surface area contributed by atoms with Crippen molar-refractivity contribution in [3.05, 3.63) is 27.8 Å². The molecule has 5 heteroatoms. The number of halogens is 1. The predicted molar refractivity (Wildman–Crippen MR) is 95.5 cm³/mol. The Morgan fingerprint density at radius 3 is 2.95 bits per heavy atom. The van der Waals surface area contributed by atoms with Crippen LogP contribution in [0.3, 0.4) is 0 Å². The van der Waals surface area contributed by atoms with Gasteiger partial charge in [-0.2, -0.15) is 0 Å². The summed E-state index contributed by atoms with van der Waals surface area (Å²) in [6.07, 6.45) is 2.45. The standard InChI is InChI=1S/C16H24IN3O/c1-12(2)20(10-15-7-4-8-18-15)11-16(21)19-14-6-3-5-13(17)9-14/h3,5-6,9,12,15,18H,4,7-8,10-11H2,1-2H3,(H,19,21). The van der Waals surface area contributed by atoms with Gasteiger partial charge in [0.05, 0.1) is 6.54 Å². The van der Waals surface area contributed by atoms with Crippen LogP contribution in [0.25, 0.3) is 0 Å². The van der Waals surface area contributed by atoms with Crippen molar-refractivity contribution in [1.29, 1.82) is 0 Å². The summed E-state index contributed by atoms with van der Waals surface area (Å²) < 4.78 is 1.13. The Hall–Kier alpha value is -0.660. The average molecular weight is 401 g/mol. The van der Waals surface area contributed by atoms with E-state index in [-0.39, 0.29) is 5.91 Å². The van der Waals surface area contributed by atoms with Crippen molar-refractivity contribution >= 4 is 34.2 Å². The van der Waals surface area contributed by atoms with Gasteiger partial charge in [0.2, 0.25) is 5.91 Å². The lowest BCUT2D eigenvalue weighted by molar-refractivity contribution is -0.117. The molecule has 0 spiro atoms. The lowest BCUT2D eigenvalue weighted by Gasteiger charge is -2.28. The summed E-state index contributed by atoms with van der Waals surface area (Å²) in [6, 6.07) is 8.78. The Kier molecular flexibility index (Phi) is 6.44. The highest BCUT2D eigenvalue weighted by atomic mass is 127. The van der Waals surface area contributed by atoms with Gasteiger partial charge in [-0.25, -0.2) is 0 Å². The van der Waals surface area contributed by atoms with Crippen LogP contribution in [-0.4, -0.2) is 42.5 Å². The smallest absolute Gasteiger partial charge is 0.238 e. The van der Waals surface area contributed by atoms with Crippen LogP contribution in [0.2, 0.25) is 0 Å². The molecule has 1 saturated heterocycles. The molecule has 0 radical (unpaired) electrons. The average Bonchev–Trinajstić information content (AvgIpc) is 2.90. The summed E-state index contributed by atoms with van der Waals surface area (Å²) in [5.41, 5.74) is 0.870. The van der Waals surface area contributed by atoms with Gasteiger partial charge in [-0.15, -0.1) is 0 Å². The number of amides is 1. The minimum Gasteiger partial charge on any atom is -0.325 e. The zero-order valence-corrected chi connectivity index (χ0v) is 14.9. The molecule has 116 valence electrons. The molecule has 1 amide bonds. The first-order valence-corrected chi connectivity index (χ1v) is 8.65. The normalized spacial score (nSPS) is 18.4. The van der Waals surface area contributed by atoms with E-state index in [1.54, 1.807) is 0 Å². The van der Waals surface area contributed by atoms with Crippen molar-refractivity contribution in [3.63, 3.8) is 0 Å². The molecule has 2 N–H and O–H groups in total. The first kappa shape index (κ1) is 16.7. The van der Waals surface area contributed by atoms with Crippen molar-refractivity contribution < 1.29 is 4.79 Å². The fraction of sp³-hybridized carbons (Fsp3) is 0.562. The van der Waals surface area contributed by atoms with Gasteiger partial charge in [-0.05, 0) is 74.0 Å². The molecule has 21 heavy (non-hydrogen) atoms. The highest BCUT2D eigenvalue weighted by Crippen LogP contribution is 2.13. The van der Waals surface area contributed by atoms with Crippen LogP contribution in [0.4, 0.5) is 5.69 Å². The van der Waals surface area contributed by atoms with Crippen molar-refractivity contribution in [3.8, 4) is 0 Å².